The van der Waals surface area contributed by atoms with Crippen LogP contribution in [0.2, 0.25) is 0 Å². The van der Waals surface area contributed by atoms with Gasteiger partial charge < -0.3 is 5.73 Å². The monoisotopic (exact) mass is 198 g/mol. The summed E-state index contributed by atoms with van der Waals surface area (Å²) in [5, 5.41) is 12.8. The van der Waals surface area contributed by atoms with E-state index in [1.165, 1.54) is 0 Å². The van der Waals surface area contributed by atoms with E-state index in [0.717, 1.165) is 11.3 Å². The van der Waals surface area contributed by atoms with Gasteiger partial charge >= 0.3 is 0 Å². The molecule has 0 saturated carbocycles. The van der Waals surface area contributed by atoms with Crippen LogP contribution >= 0.6 is 0 Å². The highest BCUT2D eigenvalue weighted by molar-refractivity contribution is 5.32. The average molecular weight is 198 g/mol. The molecule has 74 valence electrons. The lowest BCUT2D eigenvalue weighted by Gasteiger charge is -1.99. The van der Waals surface area contributed by atoms with Gasteiger partial charge in [0.05, 0.1) is 18.0 Å². The molecule has 2 aromatic rings. The minimum Gasteiger partial charge on any atom is -0.312 e. The summed E-state index contributed by atoms with van der Waals surface area (Å²) in [4.78, 5) is 0. The highest BCUT2D eigenvalue weighted by Gasteiger charge is 2.07. The van der Waals surface area contributed by atoms with Crippen LogP contribution in [0.4, 0.5) is 0 Å². The van der Waals surface area contributed by atoms with Crippen molar-refractivity contribution in [1.29, 1.82) is 5.26 Å². The highest BCUT2D eigenvalue weighted by atomic mass is 15.3. The minimum atomic E-state index is -0.609. The quantitative estimate of drug-likeness (QED) is 0.793. The third-order valence-corrected chi connectivity index (χ3v) is 2.12. The van der Waals surface area contributed by atoms with Crippen molar-refractivity contribution in [2.45, 2.75) is 6.04 Å². The first kappa shape index (κ1) is 9.44. The van der Waals surface area contributed by atoms with Crippen LogP contribution in [0.15, 0.2) is 42.7 Å². The van der Waals surface area contributed by atoms with Crippen molar-refractivity contribution in [2.75, 3.05) is 0 Å². The predicted octanol–water partition coefficient (Wildman–Crippen LogP) is 1.40. The van der Waals surface area contributed by atoms with E-state index in [2.05, 4.69) is 5.10 Å². The molecule has 0 amide bonds. The molecular formula is C11H10N4. The van der Waals surface area contributed by atoms with Crippen molar-refractivity contribution in [3.63, 3.8) is 0 Å². The molecule has 0 radical (unpaired) electrons. The van der Waals surface area contributed by atoms with E-state index < -0.39 is 6.04 Å². The van der Waals surface area contributed by atoms with E-state index >= 15 is 0 Å². The molecule has 2 N–H and O–H groups in total. The van der Waals surface area contributed by atoms with Gasteiger partial charge in [-0.3, -0.25) is 0 Å². The number of rotatable bonds is 2. The van der Waals surface area contributed by atoms with Crippen LogP contribution in [0.25, 0.3) is 5.69 Å². The van der Waals surface area contributed by atoms with Gasteiger partial charge in [0.1, 0.15) is 6.04 Å². The number of nitrogens with two attached hydrogens (primary N) is 1. The Hall–Kier alpha value is -2.12. The second-order valence-electron chi connectivity index (χ2n) is 3.16. The second-order valence-corrected chi connectivity index (χ2v) is 3.16. The molecule has 0 aliphatic heterocycles. The molecule has 1 aromatic heterocycles. The summed E-state index contributed by atoms with van der Waals surface area (Å²) in [5.41, 5.74) is 7.25. The van der Waals surface area contributed by atoms with Gasteiger partial charge in [-0.1, -0.05) is 18.2 Å². The van der Waals surface area contributed by atoms with Crippen molar-refractivity contribution in [3.8, 4) is 11.8 Å². The molecule has 0 spiro atoms. The van der Waals surface area contributed by atoms with Crippen LogP contribution in [-0.4, -0.2) is 9.78 Å². The van der Waals surface area contributed by atoms with Crippen molar-refractivity contribution < 1.29 is 0 Å². The largest absolute Gasteiger partial charge is 0.312 e. The summed E-state index contributed by atoms with van der Waals surface area (Å²) < 4.78 is 1.70. The Labute approximate surface area is 87.6 Å². The Kier molecular flexibility index (Phi) is 2.48. The second kappa shape index (κ2) is 3.95. The first-order valence-electron chi connectivity index (χ1n) is 4.56. The zero-order chi connectivity index (χ0) is 10.7. The molecule has 0 fully saturated rings. The summed E-state index contributed by atoms with van der Waals surface area (Å²) in [5.74, 6) is 0. The molecule has 0 saturated heterocycles. The van der Waals surface area contributed by atoms with Crippen molar-refractivity contribution in [2.24, 2.45) is 5.73 Å². The highest BCUT2D eigenvalue weighted by Crippen LogP contribution is 2.11. The fourth-order valence-corrected chi connectivity index (χ4v) is 1.29. The molecule has 1 atom stereocenters. The van der Waals surface area contributed by atoms with Crippen LogP contribution in [0, 0.1) is 11.3 Å². The average Bonchev–Trinajstić information content (AvgIpc) is 2.78. The van der Waals surface area contributed by atoms with Crippen LogP contribution in [0.1, 0.15) is 11.6 Å². The van der Waals surface area contributed by atoms with Gasteiger partial charge in [0.2, 0.25) is 0 Å². The van der Waals surface area contributed by atoms with E-state index in [1.54, 1.807) is 17.1 Å². The number of para-hydroxylation sites is 1. The first-order valence-corrected chi connectivity index (χ1v) is 4.56. The maximum atomic E-state index is 8.66. The topological polar surface area (TPSA) is 67.6 Å². The van der Waals surface area contributed by atoms with E-state index in [-0.39, 0.29) is 0 Å². The zero-order valence-electron chi connectivity index (χ0n) is 8.04. The SMILES string of the molecule is N#CC(N)c1cnn(-c2ccccc2)c1. The Morgan fingerprint density at radius 3 is 2.73 bits per heavy atom. The summed E-state index contributed by atoms with van der Waals surface area (Å²) in [7, 11) is 0. The summed E-state index contributed by atoms with van der Waals surface area (Å²) in [6.07, 6.45) is 3.38. The number of nitriles is 1. The van der Waals surface area contributed by atoms with Gasteiger partial charge in [-0.2, -0.15) is 10.4 Å². The molecule has 4 nitrogen and oxygen atoms in total. The van der Waals surface area contributed by atoms with Gasteiger partial charge in [0.15, 0.2) is 0 Å². The van der Waals surface area contributed by atoms with Gasteiger partial charge in [-0.05, 0) is 12.1 Å². The molecule has 2 rings (SSSR count). The summed E-state index contributed by atoms with van der Waals surface area (Å²) in [6, 6.07) is 11.0. The molecule has 0 aliphatic rings. The van der Waals surface area contributed by atoms with Crippen molar-refractivity contribution in [1.82, 2.24) is 9.78 Å². The van der Waals surface area contributed by atoms with E-state index in [9.17, 15) is 0 Å². The normalized spacial score (nSPS) is 12.0. The molecule has 4 heteroatoms. The molecule has 15 heavy (non-hydrogen) atoms. The van der Waals surface area contributed by atoms with E-state index in [1.807, 2.05) is 36.4 Å². The third kappa shape index (κ3) is 1.87. The summed E-state index contributed by atoms with van der Waals surface area (Å²) >= 11 is 0. The Morgan fingerprint density at radius 2 is 2.07 bits per heavy atom. The third-order valence-electron chi connectivity index (χ3n) is 2.12. The fraction of sp³-hybridized carbons (Fsp3) is 0.0909. The van der Waals surface area contributed by atoms with Gasteiger partial charge in [-0.25, -0.2) is 4.68 Å². The Bertz CT molecular complexity index is 481. The van der Waals surface area contributed by atoms with Crippen LogP contribution < -0.4 is 5.73 Å². The van der Waals surface area contributed by atoms with Crippen LogP contribution in [0.3, 0.4) is 0 Å². The van der Waals surface area contributed by atoms with Crippen LogP contribution in [-0.2, 0) is 0 Å². The van der Waals surface area contributed by atoms with E-state index in [0.29, 0.717) is 0 Å². The smallest absolute Gasteiger partial charge is 0.121 e. The van der Waals surface area contributed by atoms with Gasteiger partial charge in [0, 0.05) is 11.8 Å². The minimum absolute atomic E-state index is 0.609. The maximum absolute atomic E-state index is 8.66. The van der Waals surface area contributed by atoms with Crippen LogP contribution in [0.5, 0.6) is 0 Å². The number of aromatic nitrogens is 2. The molecule has 1 unspecified atom stereocenters. The van der Waals surface area contributed by atoms with Gasteiger partial charge in [-0.15, -0.1) is 0 Å². The number of hydrogen-bond donors (Lipinski definition) is 1. The van der Waals surface area contributed by atoms with Gasteiger partial charge in [0.25, 0.3) is 0 Å². The zero-order valence-corrected chi connectivity index (χ0v) is 8.04. The lowest BCUT2D eigenvalue weighted by atomic mass is 10.2. The van der Waals surface area contributed by atoms with E-state index in [4.69, 9.17) is 11.0 Å². The standard InChI is InChI=1S/C11H10N4/c12-6-11(13)9-7-14-15(8-9)10-4-2-1-3-5-10/h1-5,7-8,11H,13H2. The lowest BCUT2D eigenvalue weighted by molar-refractivity contribution is 0.876. The number of benzene rings is 1. The lowest BCUT2D eigenvalue weighted by Crippen LogP contribution is -2.05. The molecule has 1 aromatic carbocycles. The molecule has 1 heterocycles. The summed E-state index contributed by atoms with van der Waals surface area (Å²) in [6.45, 7) is 0. The van der Waals surface area contributed by atoms with Crippen molar-refractivity contribution in [3.05, 3.63) is 48.3 Å². The molecule has 0 aliphatic carbocycles. The molecule has 0 bridgehead atoms. The molecular weight excluding hydrogens is 188 g/mol. The predicted molar refractivity (Wildman–Crippen MR) is 56.1 cm³/mol. The maximum Gasteiger partial charge on any atom is 0.121 e. The first-order chi connectivity index (χ1) is 7.31. The number of nitrogens with zero attached hydrogens (tertiary/aromatic N) is 3. The van der Waals surface area contributed by atoms with Crippen molar-refractivity contribution >= 4 is 0 Å². The Balaban J connectivity index is 2.33. The Morgan fingerprint density at radius 1 is 1.33 bits per heavy atom. The fourth-order valence-electron chi connectivity index (χ4n) is 1.29. The number of hydrogen-bond acceptors (Lipinski definition) is 3.